The molecule has 1 aliphatic heterocycles. The SMILES string of the molecule is CC(C/C=C\C(=O)NN)(COC(=O)O)c1ccc(N2C=CNN2)c(C(F)(F)F)c1. The van der Waals surface area contributed by atoms with Gasteiger partial charge in [-0.1, -0.05) is 19.1 Å². The Hall–Kier alpha value is -3.25. The number of hydrogen-bond donors (Lipinski definition) is 5. The Balaban J connectivity index is 2.45. The maximum atomic E-state index is 13.7. The van der Waals surface area contributed by atoms with E-state index in [1.807, 2.05) is 5.43 Å². The van der Waals surface area contributed by atoms with E-state index >= 15 is 0 Å². The molecule has 1 amide bonds. The first-order chi connectivity index (χ1) is 13.6. The van der Waals surface area contributed by atoms with E-state index in [9.17, 15) is 22.8 Å². The van der Waals surface area contributed by atoms with Gasteiger partial charge in [0.15, 0.2) is 0 Å². The maximum absolute atomic E-state index is 13.7. The summed E-state index contributed by atoms with van der Waals surface area (Å²) in [5.74, 6) is 4.36. The number of carbonyl (C=O) groups is 2. The number of ether oxygens (including phenoxy) is 1. The number of alkyl halides is 3. The summed E-state index contributed by atoms with van der Waals surface area (Å²) in [4.78, 5) is 22.1. The molecule has 9 nitrogen and oxygen atoms in total. The number of allylic oxidation sites excluding steroid dienone is 1. The third kappa shape index (κ3) is 5.62. The molecule has 0 bridgehead atoms. The Morgan fingerprint density at radius 3 is 2.66 bits per heavy atom. The molecule has 12 heteroatoms. The molecule has 1 unspecified atom stereocenters. The monoisotopic (exact) mass is 415 g/mol. The van der Waals surface area contributed by atoms with Crippen LogP contribution in [-0.2, 0) is 21.1 Å². The molecule has 1 aliphatic rings. The second-order valence-corrected chi connectivity index (χ2v) is 6.40. The van der Waals surface area contributed by atoms with Crippen molar-refractivity contribution in [1.29, 1.82) is 0 Å². The van der Waals surface area contributed by atoms with Gasteiger partial charge < -0.3 is 15.3 Å². The lowest BCUT2D eigenvalue weighted by molar-refractivity contribution is -0.137. The fraction of sp³-hybridized carbons (Fsp3) is 0.294. The van der Waals surface area contributed by atoms with Crippen LogP contribution < -0.4 is 27.2 Å². The van der Waals surface area contributed by atoms with Gasteiger partial charge in [-0.05, 0) is 24.1 Å². The van der Waals surface area contributed by atoms with Gasteiger partial charge in [0.05, 0.1) is 11.3 Å². The van der Waals surface area contributed by atoms with Gasteiger partial charge in [0.25, 0.3) is 5.91 Å². The summed E-state index contributed by atoms with van der Waals surface area (Å²) in [5, 5.41) is 9.97. The summed E-state index contributed by atoms with van der Waals surface area (Å²) in [6.07, 6.45) is -0.935. The van der Waals surface area contributed by atoms with Crippen molar-refractivity contribution in [3.8, 4) is 0 Å². The minimum Gasteiger partial charge on any atom is -0.450 e. The van der Waals surface area contributed by atoms with Crippen LogP contribution in [-0.4, -0.2) is 23.8 Å². The molecule has 1 aromatic rings. The first-order valence-corrected chi connectivity index (χ1v) is 8.28. The maximum Gasteiger partial charge on any atom is 0.505 e. The number of anilines is 1. The van der Waals surface area contributed by atoms with Crippen molar-refractivity contribution in [3.63, 3.8) is 0 Å². The van der Waals surface area contributed by atoms with E-state index in [0.29, 0.717) is 0 Å². The standard InChI is InChI=1S/C17H20F3N5O4/c1-16(10-29-15(27)28,6-2-3-14(26)23-21)11-4-5-13(25-8-7-22-24-25)12(9-11)17(18,19)20/h2-5,7-9,22,24H,6,10,21H2,1H3,(H,23,26)(H,27,28)/b3-2-. The fourth-order valence-electron chi connectivity index (χ4n) is 2.70. The topological polar surface area (TPSA) is 129 Å². The Bertz CT molecular complexity index is 828. The largest absolute Gasteiger partial charge is 0.505 e. The van der Waals surface area contributed by atoms with Crippen molar-refractivity contribution in [3.05, 3.63) is 53.9 Å². The van der Waals surface area contributed by atoms with E-state index in [2.05, 4.69) is 15.7 Å². The van der Waals surface area contributed by atoms with E-state index in [1.54, 1.807) is 0 Å². The van der Waals surface area contributed by atoms with Crippen LogP contribution in [0.25, 0.3) is 0 Å². The van der Waals surface area contributed by atoms with Gasteiger partial charge >= 0.3 is 12.3 Å². The van der Waals surface area contributed by atoms with Crippen LogP contribution in [0.2, 0.25) is 0 Å². The predicted molar refractivity (Wildman–Crippen MR) is 96.8 cm³/mol. The number of carbonyl (C=O) groups excluding carboxylic acids is 1. The van der Waals surface area contributed by atoms with E-state index in [4.69, 9.17) is 10.9 Å². The number of hydrogen-bond acceptors (Lipinski definition) is 7. The first-order valence-electron chi connectivity index (χ1n) is 8.28. The molecule has 1 heterocycles. The number of rotatable bonds is 7. The molecule has 0 saturated carbocycles. The Labute approximate surface area is 163 Å². The molecule has 1 atom stereocenters. The van der Waals surface area contributed by atoms with Gasteiger partial charge in [-0.15, -0.1) is 5.53 Å². The predicted octanol–water partition coefficient (Wildman–Crippen LogP) is 1.89. The molecule has 0 aromatic heterocycles. The van der Waals surface area contributed by atoms with Gasteiger partial charge in [0.2, 0.25) is 0 Å². The summed E-state index contributed by atoms with van der Waals surface area (Å²) in [6, 6.07) is 3.64. The second kappa shape index (κ2) is 8.84. The lowest BCUT2D eigenvalue weighted by atomic mass is 9.79. The third-order valence-corrected chi connectivity index (χ3v) is 4.24. The molecule has 0 spiro atoms. The van der Waals surface area contributed by atoms with E-state index in [-0.39, 0.29) is 17.7 Å². The van der Waals surface area contributed by atoms with Crippen LogP contribution >= 0.6 is 0 Å². The quantitative estimate of drug-likeness (QED) is 0.150. The molecule has 2 rings (SSSR count). The molecule has 0 radical (unpaired) electrons. The highest BCUT2D eigenvalue weighted by Crippen LogP contribution is 2.40. The van der Waals surface area contributed by atoms with Crippen molar-refractivity contribution in [2.24, 2.45) is 5.84 Å². The van der Waals surface area contributed by atoms with Crippen molar-refractivity contribution < 1.29 is 32.6 Å². The number of carboxylic acid groups (broad SMARTS) is 1. The number of nitrogens with two attached hydrogens (primary N) is 1. The van der Waals surface area contributed by atoms with E-state index in [0.717, 1.165) is 17.2 Å². The number of hydrazine groups is 3. The molecule has 1 aromatic carbocycles. The molecule has 29 heavy (non-hydrogen) atoms. The van der Waals surface area contributed by atoms with Crippen LogP contribution in [0.1, 0.15) is 24.5 Å². The van der Waals surface area contributed by atoms with Gasteiger partial charge in [-0.3, -0.25) is 15.2 Å². The summed E-state index contributed by atoms with van der Waals surface area (Å²) in [7, 11) is 0. The Morgan fingerprint density at radius 2 is 2.10 bits per heavy atom. The second-order valence-electron chi connectivity index (χ2n) is 6.40. The number of nitrogens with zero attached hydrogens (tertiary/aromatic N) is 1. The van der Waals surface area contributed by atoms with E-state index in [1.165, 1.54) is 37.5 Å². The lowest BCUT2D eigenvalue weighted by Gasteiger charge is -2.30. The average Bonchev–Trinajstić information content (AvgIpc) is 3.19. The number of benzene rings is 1. The zero-order valence-corrected chi connectivity index (χ0v) is 15.3. The normalized spacial score (nSPS) is 15.8. The number of amides is 1. The molecule has 6 N–H and O–H groups in total. The zero-order valence-electron chi connectivity index (χ0n) is 15.3. The van der Waals surface area contributed by atoms with Crippen LogP contribution in [0, 0.1) is 0 Å². The van der Waals surface area contributed by atoms with Crippen LogP contribution in [0.4, 0.5) is 23.7 Å². The summed E-state index contributed by atoms with van der Waals surface area (Å²) in [5.41, 5.74) is 4.91. The molecule has 158 valence electrons. The Kier molecular flexibility index (Phi) is 6.72. The molecular formula is C17H20F3N5O4. The van der Waals surface area contributed by atoms with Crippen molar-refractivity contribution in [2.45, 2.75) is 24.9 Å². The van der Waals surface area contributed by atoms with Gasteiger partial charge in [-0.2, -0.15) is 13.2 Å². The highest BCUT2D eigenvalue weighted by Gasteiger charge is 2.38. The van der Waals surface area contributed by atoms with Gasteiger partial charge in [-0.25, -0.2) is 10.6 Å². The minimum atomic E-state index is -4.67. The highest BCUT2D eigenvalue weighted by molar-refractivity contribution is 5.86. The first kappa shape index (κ1) is 22.0. The van der Waals surface area contributed by atoms with Crippen LogP contribution in [0.5, 0.6) is 0 Å². The molecule has 0 saturated heterocycles. The summed E-state index contributed by atoms with van der Waals surface area (Å²) < 4.78 is 45.7. The average molecular weight is 415 g/mol. The smallest absolute Gasteiger partial charge is 0.450 e. The lowest BCUT2D eigenvalue weighted by Crippen LogP contribution is -2.37. The van der Waals surface area contributed by atoms with Crippen molar-refractivity contribution in [1.82, 2.24) is 16.4 Å². The molecular weight excluding hydrogens is 395 g/mol. The molecule has 0 fully saturated rings. The third-order valence-electron chi connectivity index (χ3n) is 4.24. The van der Waals surface area contributed by atoms with E-state index < -0.39 is 35.8 Å². The van der Waals surface area contributed by atoms with Crippen molar-refractivity contribution in [2.75, 3.05) is 11.6 Å². The van der Waals surface area contributed by atoms with Crippen molar-refractivity contribution >= 4 is 17.7 Å². The molecule has 0 aliphatic carbocycles. The van der Waals surface area contributed by atoms with Crippen LogP contribution in [0.15, 0.2) is 42.8 Å². The number of halogens is 3. The van der Waals surface area contributed by atoms with Crippen LogP contribution in [0.3, 0.4) is 0 Å². The Morgan fingerprint density at radius 1 is 1.38 bits per heavy atom. The minimum absolute atomic E-state index is 0.0216. The highest BCUT2D eigenvalue weighted by atomic mass is 19.4. The van der Waals surface area contributed by atoms with Gasteiger partial charge in [0.1, 0.15) is 6.61 Å². The number of nitrogens with one attached hydrogen (secondary N) is 3. The fourth-order valence-corrected chi connectivity index (χ4v) is 2.70. The summed E-state index contributed by atoms with van der Waals surface area (Å²) in [6.45, 7) is 1.11. The summed E-state index contributed by atoms with van der Waals surface area (Å²) >= 11 is 0. The van der Waals surface area contributed by atoms with Gasteiger partial charge in [0, 0.05) is 23.9 Å². The zero-order chi connectivity index (χ0) is 21.7.